The lowest BCUT2D eigenvalue weighted by molar-refractivity contribution is 0.580. The van der Waals surface area contributed by atoms with Gasteiger partial charge in [0, 0.05) is 23.3 Å². The smallest absolute Gasteiger partial charge is 0.216 e. The molecule has 2 aromatic heterocycles. The van der Waals surface area contributed by atoms with Crippen LogP contribution in [0.4, 0.5) is 0 Å². The van der Waals surface area contributed by atoms with Crippen molar-refractivity contribution < 1.29 is 8.42 Å². The van der Waals surface area contributed by atoms with Crippen LogP contribution in [0.1, 0.15) is 16.1 Å². The van der Waals surface area contributed by atoms with E-state index < -0.39 is 10.0 Å². The molecule has 0 aliphatic carbocycles. The largest absolute Gasteiger partial charge is 0.265 e. The Morgan fingerprint density at radius 1 is 1.12 bits per heavy atom. The van der Waals surface area contributed by atoms with Crippen molar-refractivity contribution >= 4 is 21.4 Å². The Kier molecular flexibility index (Phi) is 5.03. The van der Waals surface area contributed by atoms with Gasteiger partial charge in [0.2, 0.25) is 10.0 Å². The molecule has 0 fully saturated rings. The van der Waals surface area contributed by atoms with Gasteiger partial charge >= 0.3 is 0 Å². The highest BCUT2D eigenvalue weighted by Crippen LogP contribution is 2.21. The molecule has 1 N–H and O–H groups in total. The maximum absolute atomic E-state index is 12.3. The third-order valence-corrected chi connectivity index (χ3v) is 5.70. The van der Waals surface area contributed by atoms with Crippen molar-refractivity contribution in [1.82, 2.24) is 14.7 Å². The predicted molar refractivity (Wildman–Crippen MR) is 96.0 cm³/mol. The summed E-state index contributed by atoms with van der Waals surface area (Å²) in [6, 6.07) is 11.2. The molecule has 0 unspecified atom stereocenters. The molecule has 124 valence electrons. The van der Waals surface area contributed by atoms with E-state index in [4.69, 9.17) is 0 Å². The quantitative estimate of drug-likeness (QED) is 0.734. The van der Waals surface area contributed by atoms with Crippen molar-refractivity contribution in [3.63, 3.8) is 0 Å². The molecule has 3 rings (SSSR count). The van der Waals surface area contributed by atoms with E-state index in [-0.39, 0.29) is 12.3 Å². The van der Waals surface area contributed by atoms with Gasteiger partial charge < -0.3 is 0 Å². The average Bonchev–Trinajstić information content (AvgIpc) is 3.05. The number of nitrogens with one attached hydrogen (secondary N) is 1. The van der Waals surface area contributed by atoms with E-state index in [1.165, 1.54) is 11.3 Å². The minimum Gasteiger partial charge on any atom is -0.265 e. The number of aryl methyl sites for hydroxylation is 1. The number of hydrogen-bond donors (Lipinski definition) is 1. The molecule has 24 heavy (non-hydrogen) atoms. The van der Waals surface area contributed by atoms with E-state index >= 15 is 0 Å². The van der Waals surface area contributed by atoms with Gasteiger partial charge in [0.05, 0.1) is 18.0 Å². The van der Waals surface area contributed by atoms with Crippen molar-refractivity contribution in [2.45, 2.75) is 19.2 Å². The number of thiazole rings is 1. The summed E-state index contributed by atoms with van der Waals surface area (Å²) in [6.07, 6.45) is 3.42. The molecule has 1 aromatic carbocycles. The van der Waals surface area contributed by atoms with Gasteiger partial charge in [-0.2, -0.15) is 0 Å². The molecule has 0 saturated heterocycles. The summed E-state index contributed by atoms with van der Waals surface area (Å²) in [5.74, 6) is -0.0255. The van der Waals surface area contributed by atoms with Gasteiger partial charge in [-0.05, 0) is 30.2 Å². The first-order valence-corrected chi connectivity index (χ1v) is 9.93. The Bertz CT molecular complexity index is 922. The number of benzene rings is 1. The van der Waals surface area contributed by atoms with Gasteiger partial charge in [0.15, 0.2) is 0 Å². The average molecular weight is 359 g/mol. The fourth-order valence-corrected chi connectivity index (χ4v) is 4.27. The zero-order chi connectivity index (χ0) is 17.0. The second-order valence-electron chi connectivity index (χ2n) is 5.37. The van der Waals surface area contributed by atoms with Crippen molar-refractivity contribution in [1.29, 1.82) is 0 Å². The SMILES string of the molecule is Cc1ccccc1CS(=O)(=O)NCc1nc(-c2ccncc2)cs1. The molecular formula is C17H17N3O2S2. The van der Waals surface area contributed by atoms with Gasteiger partial charge in [-0.15, -0.1) is 11.3 Å². The molecule has 7 heteroatoms. The summed E-state index contributed by atoms with van der Waals surface area (Å²) in [6.45, 7) is 2.11. The van der Waals surface area contributed by atoms with E-state index in [1.807, 2.05) is 48.7 Å². The standard InChI is InChI=1S/C17H17N3O2S2/c1-13-4-2-3-5-15(13)12-24(21,22)19-10-17-20-16(11-23-17)14-6-8-18-9-7-14/h2-9,11,19H,10,12H2,1H3. The Morgan fingerprint density at radius 3 is 2.62 bits per heavy atom. The molecule has 0 aliphatic heterocycles. The van der Waals surface area contributed by atoms with E-state index in [0.717, 1.165) is 27.4 Å². The number of rotatable bonds is 6. The lowest BCUT2D eigenvalue weighted by Gasteiger charge is -2.07. The van der Waals surface area contributed by atoms with Crippen LogP contribution in [-0.2, 0) is 22.3 Å². The molecule has 2 heterocycles. The topological polar surface area (TPSA) is 72.0 Å². The summed E-state index contributed by atoms with van der Waals surface area (Å²) in [7, 11) is -3.40. The van der Waals surface area contributed by atoms with E-state index in [1.54, 1.807) is 12.4 Å². The fraction of sp³-hybridized carbons (Fsp3) is 0.176. The molecule has 3 aromatic rings. The van der Waals surface area contributed by atoms with Gasteiger partial charge in [-0.3, -0.25) is 4.98 Å². The molecule has 0 spiro atoms. The molecule has 0 bridgehead atoms. The second kappa shape index (κ2) is 7.21. The van der Waals surface area contributed by atoms with Crippen LogP contribution in [0, 0.1) is 6.92 Å². The van der Waals surface area contributed by atoms with Crippen LogP contribution in [0.3, 0.4) is 0 Å². The number of hydrogen-bond acceptors (Lipinski definition) is 5. The third-order valence-electron chi connectivity index (χ3n) is 3.58. The monoisotopic (exact) mass is 359 g/mol. The molecule has 0 radical (unpaired) electrons. The van der Waals surface area contributed by atoms with E-state index in [0.29, 0.717) is 0 Å². The summed E-state index contributed by atoms with van der Waals surface area (Å²) in [5.41, 5.74) is 3.57. The number of sulfonamides is 1. The van der Waals surface area contributed by atoms with Crippen LogP contribution in [-0.4, -0.2) is 18.4 Å². The van der Waals surface area contributed by atoms with Gasteiger partial charge in [-0.1, -0.05) is 24.3 Å². The zero-order valence-corrected chi connectivity index (χ0v) is 14.8. The normalized spacial score (nSPS) is 11.5. The van der Waals surface area contributed by atoms with Crippen LogP contribution in [0.2, 0.25) is 0 Å². The molecule has 0 aliphatic rings. The van der Waals surface area contributed by atoms with Crippen LogP contribution < -0.4 is 4.72 Å². The van der Waals surface area contributed by atoms with Crippen molar-refractivity contribution in [3.05, 3.63) is 70.3 Å². The van der Waals surface area contributed by atoms with Gasteiger partial charge in [0.25, 0.3) is 0 Å². The highest BCUT2D eigenvalue weighted by atomic mass is 32.2. The summed E-state index contributed by atoms with van der Waals surface area (Å²) >= 11 is 1.44. The first-order chi connectivity index (χ1) is 11.5. The molecule has 0 saturated carbocycles. The van der Waals surface area contributed by atoms with Gasteiger partial charge in [0.1, 0.15) is 5.01 Å². The third kappa shape index (κ3) is 4.25. The van der Waals surface area contributed by atoms with Crippen molar-refractivity contribution in [2.75, 3.05) is 0 Å². The van der Waals surface area contributed by atoms with Crippen LogP contribution in [0.25, 0.3) is 11.3 Å². The molecule has 0 amide bonds. The first-order valence-electron chi connectivity index (χ1n) is 7.40. The maximum atomic E-state index is 12.3. The summed E-state index contributed by atoms with van der Waals surface area (Å²) in [5, 5.41) is 2.65. The number of nitrogens with zero attached hydrogens (tertiary/aromatic N) is 2. The van der Waals surface area contributed by atoms with E-state index in [9.17, 15) is 8.42 Å². The highest BCUT2D eigenvalue weighted by Gasteiger charge is 2.14. The van der Waals surface area contributed by atoms with Crippen LogP contribution in [0.15, 0.2) is 54.2 Å². The van der Waals surface area contributed by atoms with Gasteiger partial charge in [-0.25, -0.2) is 18.1 Å². The lowest BCUT2D eigenvalue weighted by Crippen LogP contribution is -2.24. The Balaban J connectivity index is 1.65. The lowest BCUT2D eigenvalue weighted by atomic mass is 10.1. The molecular weight excluding hydrogens is 342 g/mol. The zero-order valence-electron chi connectivity index (χ0n) is 13.1. The molecule has 0 atom stereocenters. The number of pyridine rings is 1. The Hall–Kier alpha value is -2.09. The van der Waals surface area contributed by atoms with E-state index in [2.05, 4.69) is 14.7 Å². The second-order valence-corrected chi connectivity index (χ2v) is 8.12. The van der Waals surface area contributed by atoms with Crippen molar-refractivity contribution in [2.24, 2.45) is 0 Å². The molecule has 5 nitrogen and oxygen atoms in total. The minimum absolute atomic E-state index is 0.0255. The summed E-state index contributed by atoms with van der Waals surface area (Å²) < 4.78 is 27.1. The first kappa shape index (κ1) is 16.8. The maximum Gasteiger partial charge on any atom is 0.216 e. The minimum atomic E-state index is -3.40. The Labute approximate surface area is 145 Å². The highest BCUT2D eigenvalue weighted by molar-refractivity contribution is 7.88. The van der Waals surface area contributed by atoms with Crippen LogP contribution in [0.5, 0.6) is 0 Å². The number of aromatic nitrogens is 2. The fourth-order valence-electron chi connectivity index (χ4n) is 2.25. The van der Waals surface area contributed by atoms with Crippen LogP contribution >= 0.6 is 11.3 Å². The predicted octanol–water partition coefficient (Wildman–Crippen LogP) is 3.13. The Morgan fingerprint density at radius 2 is 1.88 bits per heavy atom. The summed E-state index contributed by atoms with van der Waals surface area (Å²) in [4.78, 5) is 8.45. The van der Waals surface area contributed by atoms with Crippen molar-refractivity contribution in [3.8, 4) is 11.3 Å².